The summed E-state index contributed by atoms with van der Waals surface area (Å²) in [4.78, 5) is 11.8. The van der Waals surface area contributed by atoms with E-state index in [1.807, 2.05) is 30.3 Å². The van der Waals surface area contributed by atoms with Crippen molar-refractivity contribution in [2.75, 3.05) is 19.8 Å². The second-order valence-corrected chi connectivity index (χ2v) is 4.77. The minimum absolute atomic E-state index is 0.0780. The van der Waals surface area contributed by atoms with E-state index in [1.54, 1.807) is 0 Å². The Morgan fingerprint density at radius 1 is 1.44 bits per heavy atom. The Morgan fingerprint density at radius 3 is 2.89 bits per heavy atom. The average Bonchev–Trinajstić information content (AvgIpc) is 2.90. The maximum absolute atomic E-state index is 11.8. The first-order valence-corrected chi connectivity index (χ1v) is 6.40. The van der Waals surface area contributed by atoms with Crippen LogP contribution in [0.4, 0.5) is 0 Å². The van der Waals surface area contributed by atoms with Crippen LogP contribution >= 0.6 is 0 Å². The number of benzene rings is 1. The molecular weight excluding hydrogens is 228 g/mol. The molecule has 18 heavy (non-hydrogen) atoms. The second kappa shape index (κ2) is 6.52. The van der Waals surface area contributed by atoms with E-state index in [-0.39, 0.29) is 5.91 Å². The number of carbonyl (C=O) groups is 1. The zero-order valence-corrected chi connectivity index (χ0v) is 10.5. The first kappa shape index (κ1) is 13.1. The fourth-order valence-corrected chi connectivity index (χ4v) is 2.08. The molecule has 0 saturated carbocycles. The summed E-state index contributed by atoms with van der Waals surface area (Å²) in [5.41, 5.74) is 6.98. The summed E-state index contributed by atoms with van der Waals surface area (Å²) in [6.45, 7) is 2.21. The normalized spacial score (nSPS) is 20.6. The molecule has 1 heterocycles. The fourth-order valence-electron chi connectivity index (χ4n) is 2.08. The van der Waals surface area contributed by atoms with Crippen LogP contribution in [0.2, 0.25) is 0 Å². The molecule has 98 valence electrons. The molecule has 2 atom stereocenters. The molecule has 1 amide bonds. The molecule has 0 aromatic heterocycles. The van der Waals surface area contributed by atoms with Gasteiger partial charge in [-0.2, -0.15) is 0 Å². The van der Waals surface area contributed by atoms with Crippen LogP contribution in [0.25, 0.3) is 0 Å². The Morgan fingerprint density at radius 2 is 2.22 bits per heavy atom. The minimum Gasteiger partial charge on any atom is -0.381 e. The number of nitrogens with one attached hydrogen (secondary N) is 1. The van der Waals surface area contributed by atoms with E-state index in [9.17, 15) is 4.79 Å². The van der Waals surface area contributed by atoms with E-state index < -0.39 is 6.04 Å². The summed E-state index contributed by atoms with van der Waals surface area (Å²) >= 11 is 0. The van der Waals surface area contributed by atoms with Crippen molar-refractivity contribution in [3.05, 3.63) is 35.9 Å². The van der Waals surface area contributed by atoms with Crippen LogP contribution in [0.3, 0.4) is 0 Å². The van der Waals surface area contributed by atoms with Crippen molar-refractivity contribution >= 4 is 5.91 Å². The average molecular weight is 248 g/mol. The maximum Gasteiger partial charge on any atom is 0.237 e. The van der Waals surface area contributed by atoms with Crippen molar-refractivity contribution in [2.45, 2.75) is 18.9 Å². The third-order valence-corrected chi connectivity index (χ3v) is 3.22. The highest BCUT2D eigenvalue weighted by molar-refractivity contribution is 5.81. The Balaban J connectivity index is 1.74. The Labute approximate surface area is 108 Å². The van der Waals surface area contributed by atoms with E-state index >= 15 is 0 Å². The molecule has 1 saturated heterocycles. The zero-order chi connectivity index (χ0) is 12.8. The predicted octanol–water partition coefficient (Wildman–Crippen LogP) is 0.709. The largest absolute Gasteiger partial charge is 0.381 e. The van der Waals surface area contributed by atoms with E-state index in [1.165, 1.54) is 0 Å². The molecule has 2 unspecified atom stereocenters. The highest BCUT2D eigenvalue weighted by Gasteiger charge is 2.19. The molecule has 0 bridgehead atoms. The highest BCUT2D eigenvalue weighted by Crippen LogP contribution is 2.10. The SMILES string of the molecule is NC(Cc1ccccc1)C(=O)NCC1CCOC1. The summed E-state index contributed by atoms with van der Waals surface area (Å²) in [5.74, 6) is 0.364. The molecule has 0 spiro atoms. The van der Waals surface area contributed by atoms with Crippen LogP contribution < -0.4 is 11.1 Å². The fraction of sp³-hybridized carbons (Fsp3) is 0.500. The molecule has 1 aliphatic rings. The quantitative estimate of drug-likeness (QED) is 0.806. The molecule has 2 rings (SSSR count). The van der Waals surface area contributed by atoms with E-state index in [0.29, 0.717) is 18.9 Å². The molecule has 0 radical (unpaired) electrons. The topological polar surface area (TPSA) is 64.4 Å². The molecular formula is C14H20N2O2. The van der Waals surface area contributed by atoms with E-state index in [0.717, 1.165) is 25.2 Å². The summed E-state index contributed by atoms with van der Waals surface area (Å²) in [5, 5.41) is 2.90. The van der Waals surface area contributed by atoms with Crippen molar-refractivity contribution in [1.82, 2.24) is 5.32 Å². The Bertz CT molecular complexity index is 375. The summed E-state index contributed by atoms with van der Waals surface area (Å²) < 4.78 is 5.26. The molecule has 1 fully saturated rings. The van der Waals surface area contributed by atoms with Gasteiger partial charge in [0.05, 0.1) is 12.6 Å². The smallest absolute Gasteiger partial charge is 0.237 e. The standard InChI is InChI=1S/C14H20N2O2/c15-13(8-11-4-2-1-3-5-11)14(17)16-9-12-6-7-18-10-12/h1-5,12-13H,6-10,15H2,(H,16,17). The van der Waals surface area contributed by atoms with Gasteiger partial charge in [0.2, 0.25) is 5.91 Å². The molecule has 3 N–H and O–H groups in total. The third kappa shape index (κ3) is 3.82. The lowest BCUT2D eigenvalue weighted by molar-refractivity contribution is -0.122. The number of amides is 1. The third-order valence-electron chi connectivity index (χ3n) is 3.22. The van der Waals surface area contributed by atoms with Crippen molar-refractivity contribution in [3.63, 3.8) is 0 Å². The summed E-state index contributed by atoms with van der Waals surface area (Å²) in [7, 11) is 0. The lowest BCUT2D eigenvalue weighted by Gasteiger charge is -2.14. The van der Waals surface area contributed by atoms with Gasteiger partial charge in [0.15, 0.2) is 0 Å². The van der Waals surface area contributed by atoms with E-state index in [4.69, 9.17) is 10.5 Å². The van der Waals surface area contributed by atoms with Crippen LogP contribution in [0.5, 0.6) is 0 Å². The van der Waals surface area contributed by atoms with Gasteiger partial charge in [-0.05, 0) is 18.4 Å². The first-order valence-electron chi connectivity index (χ1n) is 6.40. The minimum atomic E-state index is -0.477. The number of hydrogen-bond acceptors (Lipinski definition) is 3. The molecule has 1 aromatic rings. The lowest BCUT2D eigenvalue weighted by Crippen LogP contribution is -2.43. The van der Waals surface area contributed by atoms with Crippen LogP contribution in [0.1, 0.15) is 12.0 Å². The van der Waals surface area contributed by atoms with Gasteiger partial charge in [-0.3, -0.25) is 4.79 Å². The van der Waals surface area contributed by atoms with Gasteiger partial charge >= 0.3 is 0 Å². The van der Waals surface area contributed by atoms with Gasteiger partial charge in [-0.15, -0.1) is 0 Å². The Hall–Kier alpha value is -1.39. The number of rotatable bonds is 5. The first-order chi connectivity index (χ1) is 8.75. The Kier molecular flexibility index (Phi) is 4.73. The molecule has 4 heteroatoms. The molecule has 4 nitrogen and oxygen atoms in total. The van der Waals surface area contributed by atoms with Crippen LogP contribution in [0, 0.1) is 5.92 Å². The summed E-state index contributed by atoms with van der Waals surface area (Å²) in [6.07, 6.45) is 1.60. The van der Waals surface area contributed by atoms with Gasteiger partial charge in [0.25, 0.3) is 0 Å². The van der Waals surface area contributed by atoms with Crippen LogP contribution in [-0.2, 0) is 16.0 Å². The van der Waals surface area contributed by atoms with Gasteiger partial charge in [0, 0.05) is 19.1 Å². The lowest BCUT2D eigenvalue weighted by atomic mass is 10.1. The van der Waals surface area contributed by atoms with Gasteiger partial charge in [0.1, 0.15) is 0 Å². The van der Waals surface area contributed by atoms with Gasteiger partial charge in [-0.25, -0.2) is 0 Å². The number of nitrogens with two attached hydrogens (primary N) is 1. The van der Waals surface area contributed by atoms with Crippen LogP contribution in [0.15, 0.2) is 30.3 Å². The number of ether oxygens (including phenoxy) is 1. The summed E-state index contributed by atoms with van der Waals surface area (Å²) in [6, 6.07) is 9.35. The number of carbonyl (C=O) groups excluding carboxylic acids is 1. The van der Waals surface area contributed by atoms with Gasteiger partial charge < -0.3 is 15.8 Å². The molecule has 1 aliphatic heterocycles. The zero-order valence-electron chi connectivity index (χ0n) is 10.5. The van der Waals surface area contributed by atoms with Crippen molar-refractivity contribution in [1.29, 1.82) is 0 Å². The monoisotopic (exact) mass is 248 g/mol. The van der Waals surface area contributed by atoms with Crippen LogP contribution in [-0.4, -0.2) is 31.7 Å². The van der Waals surface area contributed by atoms with E-state index in [2.05, 4.69) is 5.32 Å². The number of hydrogen-bond donors (Lipinski definition) is 2. The molecule has 0 aliphatic carbocycles. The maximum atomic E-state index is 11.8. The second-order valence-electron chi connectivity index (χ2n) is 4.77. The predicted molar refractivity (Wildman–Crippen MR) is 70.1 cm³/mol. The molecule has 1 aromatic carbocycles. The van der Waals surface area contributed by atoms with Crippen molar-refractivity contribution < 1.29 is 9.53 Å². The van der Waals surface area contributed by atoms with Crippen molar-refractivity contribution in [3.8, 4) is 0 Å². The highest BCUT2D eigenvalue weighted by atomic mass is 16.5. The van der Waals surface area contributed by atoms with Crippen molar-refractivity contribution in [2.24, 2.45) is 11.7 Å². The van der Waals surface area contributed by atoms with Gasteiger partial charge in [-0.1, -0.05) is 30.3 Å².